The summed E-state index contributed by atoms with van der Waals surface area (Å²) in [5, 5.41) is 8.62. The van der Waals surface area contributed by atoms with Gasteiger partial charge in [-0.1, -0.05) is 56.0 Å². The van der Waals surface area contributed by atoms with Gasteiger partial charge in [-0.2, -0.15) is 0 Å². The van der Waals surface area contributed by atoms with Gasteiger partial charge in [-0.05, 0) is 42.7 Å². The van der Waals surface area contributed by atoms with Crippen LogP contribution in [0.2, 0.25) is 0 Å². The fourth-order valence-electron chi connectivity index (χ4n) is 6.86. The number of nitrogens with zero attached hydrogens (tertiary/aromatic N) is 3. The van der Waals surface area contributed by atoms with E-state index in [-0.39, 0.29) is 17.9 Å². The number of halogens is 1. The highest BCUT2D eigenvalue weighted by molar-refractivity contribution is 5.83. The molecule has 0 N–H and O–H groups in total. The standard InChI is InChI=1S/C30H35FN3O3/c31-25-12-8-11-24(19-25)30(15-6-1-2-7-16-30)29(35)36-26-20-34(17-13-22(26)14-18-34)21-27-32-33-28(37-27)23-9-4-3-5-10-23/h3-5,8-12,19,22,26H,1-2,6-7,13-18,20-21H2/q+1/t22?,26-,34?/m0/s1. The molecule has 2 bridgehead atoms. The lowest BCUT2D eigenvalue weighted by Crippen LogP contribution is -2.64. The third-order valence-corrected chi connectivity index (χ3v) is 8.98. The molecule has 3 aliphatic heterocycles. The molecule has 1 atom stereocenters. The van der Waals surface area contributed by atoms with Crippen LogP contribution in [0.25, 0.3) is 11.5 Å². The van der Waals surface area contributed by atoms with Crippen molar-refractivity contribution in [3.63, 3.8) is 0 Å². The lowest BCUT2D eigenvalue weighted by atomic mass is 9.74. The fraction of sp³-hybridized carbons (Fsp3) is 0.500. The molecule has 0 amide bonds. The van der Waals surface area contributed by atoms with Gasteiger partial charge in [0.1, 0.15) is 12.4 Å². The Morgan fingerprint density at radius 2 is 1.76 bits per heavy atom. The van der Waals surface area contributed by atoms with Crippen molar-refractivity contribution in [2.45, 2.75) is 69.4 Å². The first kappa shape index (κ1) is 24.3. The van der Waals surface area contributed by atoms with Gasteiger partial charge >= 0.3 is 5.97 Å². The van der Waals surface area contributed by atoms with Crippen LogP contribution in [0.15, 0.2) is 59.0 Å². The van der Waals surface area contributed by atoms with E-state index in [0.29, 0.717) is 24.2 Å². The summed E-state index contributed by atoms with van der Waals surface area (Å²) in [4.78, 5) is 14.0. The number of ether oxygens (including phenoxy) is 1. The van der Waals surface area contributed by atoms with Crippen LogP contribution < -0.4 is 0 Å². The van der Waals surface area contributed by atoms with Gasteiger partial charge in [-0.25, -0.2) is 4.39 Å². The minimum atomic E-state index is -0.757. The van der Waals surface area contributed by atoms with E-state index in [4.69, 9.17) is 9.15 Å². The molecule has 0 spiro atoms. The van der Waals surface area contributed by atoms with Crippen LogP contribution in [-0.2, 0) is 21.5 Å². The molecular formula is C30H35FN3O3+. The predicted octanol–water partition coefficient (Wildman–Crippen LogP) is 5.82. The van der Waals surface area contributed by atoms with Crippen molar-refractivity contribution in [1.29, 1.82) is 0 Å². The third kappa shape index (κ3) is 4.81. The molecule has 7 heteroatoms. The van der Waals surface area contributed by atoms with Gasteiger partial charge in [0.05, 0.1) is 18.5 Å². The fourth-order valence-corrected chi connectivity index (χ4v) is 6.86. The highest BCUT2D eigenvalue weighted by atomic mass is 19.1. The summed E-state index contributed by atoms with van der Waals surface area (Å²) in [5.41, 5.74) is 0.923. The second-order valence-corrected chi connectivity index (χ2v) is 11.3. The minimum Gasteiger partial charge on any atom is -0.455 e. The van der Waals surface area contributed by atoms with E-state index >= 15 is 0 Å². The van der Waals surface area contributed by atoms with E-state index in [2.05, 4.69) is 10.2 Å². The molecule has 0 unspecified atom stereocenters. The van der Waals surface area contributed by atoms with Crippen molar-refractivity contribution in [2.24, 2.45) is 5.92 Å². The maximum atomic E-state index is 14.2. The van der Waals surface area contributed by atoms with Crippen LogP contribution in [-0.4, -0.2) is 46.4 Å². The van der Waals surface area contributed by atoms with Crippen LogP contribution in [0.3, 0.4) is 0 Å². The molecule has 7 rings (SSSR count). The second kappa shape index (κ2) is 10.0. The predicted molar refractivity (Wildman–Crippen MR) is 137 cm³/mol. The van der Waals surface area contributed by atoms with Crippen molar-refractivity contribution in [1.82, 2.24) is 10.2 Å². The summed E-state index contributed by atoms with van der Waals surface area (Å²) < 4.78 is 27.5. The van der Waals surface area contributed by atoms with Crippen LogP contribution in [0.4, 0.5) is 4.39 Å². The molecule has 3 saturated heterocycles. The number of quaternary nitrogens is 1. The van der Waals surface area contributed by atoms with E-state index in [1.54, 1.807) is 6.07 Å². The minimum absolute atomic E-state index is 0.139. The zero-order valence-electron chi connectivity index (χ0n) is 21.3. The number of carbonyl (C=O) groups excluding carboxylic acids is 1. The van der Waals surface area contributed by atoms with Crippen molar-refractivity contribution >= 4 is 5.97 Å². The number of hydrogen-bond acceptors (Lipinski definition) is 5. The van der Waals surface area contributed by atoms with Gasteiger partial charge in [0, 0.05) is 24.3 Å². The Kier molecular flexibility index (Phi) is 6.57. The SMILES string of the molecule is O=C(O[C@H]1C[N+]2(Cc3nnc(-c4ccccc4)o3)CCC1CC2)C1(c2cccc(F)c2)CCCCCC1. The number of rotatable bonds is 6. The Morgan fingerprint density at radius 3 is 2.49 bits per heavy atom. The highest BCUT2D eigenvalue weighted by Gasteiger charge is 2.51. The average molecular weight is 505 g/mol. The molecule has 0 radical (unpaired) electrons. The van der Waals surface area contributed by atoms with E-state index in [1.165, 1.54) is 12.1 Å². The maximum Gasteiger partial charge on any atom is 0.317 e. The van der Waals surface area contributed by atoms with E-state index < -0.39 is 5.41 Å². The monoisotopic (exact) mass is 504 g/mol. The van der Waals surface area contributed by atoms with E-state index in [0.717, 1.165) is 86.6 Å². The van der Waals surface area contributed by atoms with E-state index in [9.17, 15) is 9.18 Å². The molecule has 1 saturated carbocycles. The smallest absolute Gasteiger partial charge is 0.317 e. The first-order valence-electron chi connectivity index (χ1n) is 13.8. The normalized spacial score (nSPS) is 26.9. The van der Waals surface area contributed by atoms with Gasteiger partial charge in [0.25, 0.3) is 5.89 Å². The quantitative estimate of drug-likeness (QED) is 0.240. The summed E-state index contributed by atoms with van der Waals surface area (Å²) in [6.07, 6.45) is 7.46. The van der Waals surface area contributed by atoms with Gasteiger partial charge in [-0.15, -0.1) is 10.2 Å². The van der Waals surface area contributed by atoms with Crippen LogP contribution in [0.1, 0.15) is 62.8 Å². The van der Waals surface area contributed by atoms with Crippen molar-refractivity contribution < 1.29 is 22.8 Å². The molecule has 37 heavy (non-hydrogen) atoms. The maximum absolute atomic E-state index is 14.2. The number of hydrogen-bond donors (Lipinski definition) is 0. The topological polar surface area (TPSA) is 65.2 Å². The molecule has 6 nitrogen and oxygen atoms in total. The number of carbonyl (C=O) groups is 1. The molecule has 1 aromatic heterocycles. The average Bonchev–Trinajstić information content (AvgIpc) is 3.23. The molecule has 194 valence electrons. The van der Waals surface area contributed by atoms with Crippen molar-refractivity contribution in [3.05, 3.63) is 71.9 Å². The number of fused-ring (bicyclic) bond motifs is 3. The number of benzene rings is 2. The Balaban J connectivity index is 1.20. The molecular weight excluding hydrogens is 469 g/mol. The molecule has 4 aliphatic rings. The molecule has 4 heterocycles. The van der Waals surface area contributed by atoms with Gasteiger partial charge < -0.3 is 13.6 Å². The molecule has 3 aromatic rings. The molecule has 1 aliphatic carbocycles. The summed E-state index contributed by atoms with van der Waals surface area (Å²) in [7, 11) is 0. The van der Waals surface area contributed by atoms with Crippen molar-refractivity contribution in [2.75, 3.05) is 19.6 Å². The Labute approximate surface area is 217 Å². The zero-order valence-corrected chi connectivity index (χ0v) is 21.3. The van der Waals surface area contributed by atoms with Crippen molar-refractivity contribution in [3.8, 4) is 11.5 Å². The highest BCUT2D eigenvalue weighted by Crippen LogP contribution is 2.43. The molecule has 4 fully saturated rings. The van der Waals surface area contributed by atoms with Crippen LogP contribution in [0, 0.1) is 11.7 Å². The Morgan fingerprint density at radius 1 is 1.00 bits per heavy atom. The lowest BCUT2D eigenvalue weighted by molar-refractivity contribution is -0.959. The summed E-state index contributed by atoms with van der Waals surface area (Å²) in [6, 6.07) is 16.4. The van der Waals surface area contributed by atoms with Gasteiger partial charge in [0.2, 0.25) is 5.89 Å². The summed E-state index contributed by atoms with van der Waals surface area (Å²) in [6.45, 7) is 3.46. The first-order chi connectivity index (χ1) is 18.1. The van der Waals surface area contributed by atoms with Crippen LogP contribution >= 0.6 is 0 Å². The largest absolute Gasteiger partial charge is 0.455 e. The number of aromatic nitrogens is 2. The number of piperidine rings is 3. The molecule has 2 aromatic carbocycles. The summed E-state index contributed by atoms with van der Waals surface area (Å²) in [5.74, 6) is 1.08. The third-order valence-electron chi connectivity index (χ3n) is 8.98. The Hall–Kier alpha value is -3.06. The van der Waals surface area contributed by atoms with Gasteiger partial charge in [0.15, 0.2) is 12.6 Å². The lowest BCUT2D eigenvalue weighted by Gasteiger charge is -2.51. The van der Waals surface area contributed by atoms with Crippen LogP contribution in [0.5, 0.6) is 0 Å². The summed E-state index contributed by atoms with van der Waals surface area (Å²) >= 11 is 0. The zero-order chi connectivity index (χ0) is 25.3. The first-order valence-corrected chi connectivity index (χ1v) is 13.8. The van der Waals surface area contributed by atoms with Gasteiger partial charge in [-0.3, -0.25) is 4.79 Å². The van der Waals surface area contributed by atoms with E-state index in [1.807, 2.05) is 36.4 Å². The Bertz CT molecular complexity index is 1230. The second-order valence-electron chi connectivity index (χ2n) is 11.3. The number of esters is 1.